The highest BCUT2D eigenvalue weighted by Crippen LogP contribution is 2.48. The minimum absolute atomic E-state index is 0.0258. The number of nitrogens with two attached hydrogens (primary N) is 1. The Hall–Kier alpha value is -2.40. The van der Waals surface area contributed by atoms with E-state index in [1.807, 2.05) is 17.0 Å². The lowest BCUT2D eigenvalue weighted by Gasteiger charge is -2.31. The summed E-state index contributed by atoms with van der Waals surface area (Å²) >= 11 is 0. The van der Waals surface area contributed by atoms with Crippen LogP contribution in [0.15, 0.2) is 36.4 Å². The number of carbonyl (C=O) groups excluding carboxylic acids is 2. The van der Waals surface area contributed by atoms with Crippen LogP contribution < -0.4 is 5.73 Å². The van der Waals surface area contributed by atoms with Crippen LogP contribution in [0.5, 0.6) is 0 Å². The second kappa shape index (κ2) is 6.89. The van der Waals surface area contributed by atoms with Gasteiger partial charge in [-0.15, -0.1) is 0 Å². The molecule has 3 aliphatic rings. The summed E-state index contributed by atoms with van der Waals surface area (Å²) in [5.74, 6) is -0.373. The zero-order valence-electron chi connectivity index (χ0n) is 16.8. The van der Waals surface area contributed by atoms with E-state index in [1.165, 1.54) is 40.0 Å². The lowest BCUT2D eigenvalue weighted by molar-refractivity contribution is -0.125. The summed E-state index contributed by atoms with van der Waals surface area (Å²) in [6, 6.07) is 6.40. The molecule has 2 amide bonds. The molecule has 4 nitrogen and oxygen atoms in total. The number of hydrogen-bond acceptors (Lipinski definition) is 2. The molecule has 0 atom stereocenters. The van der Waals surface area contributed by atoms with Gasteiger partial charge in [0, 0.05) is 18.7 Å². The van der Waals surface area contributed by atoms with Crippen molar-refractivity contribution < 1.29 is 9.59 Å². The van der Waals surface area contributed by atoms with Gasteiger partial charge < -0.3 is 10.6 Å². The molecule has 0 unspecified atom stereocenters. The molecular formula is C23H28N2O2Si. The lowest BCUT2D eigenvalue weighted by Crippen LogP contribution is -2.34. The number of primary amides is 1. The van der Waals surface area contributed by atoms with Crippen LogP contribution >= 0.6 is 0 Å². The Morgan fingerprint density at radius 3 is 2.79 bits per heavy atom. The third-order valence-corrected chi connectivity index (χ3v) is 9.35. The largest absolute Gasteiger partial charge is 0.366 e. The fraction of sp³-hybridized carbons (Fsp3) is 0.391. The van der Waals surface area contributed by atoms with Gasteiger partial charge in [-0.3, -0.25) is 9.59 Å². The number of nitrogens with zero attached hydrogens (tertiary/aromatic N) is 1. The van der Waals surface area contributed by atoms with Gasteiger partial charge in [-0.1, -0.05) is 43.4 Å². The third kappa shape index (κ3) is 3.18. The Labute approximate surface area is 167 Å². The highest BCUT2D eigenvalue weighted by Gasteiger charge is 2.36. The summed E-state index contributed by atoms with van der Waals surface area (Å²) in [6.07, 6.45) is 6.47. The number of fused-ring (bicyclic) bond motifs is 2. The monoisotopic (exact) mass is 392 g/mol. The van der Waals surface area contributed by atoms with Gasteiger partial charge in [-0.25, -0.2) is 0 Å². The van der Waals surface area contributed by atoms with E-state index in [9.17, 15) is 9.59 Å². The van der Waals surface area contributed by atoms with Gasteiger partial charge in [0.05, 0.1) is 8.07 Å². The van der Waals surface area contributed by atoms with E-state index in [-0.39, 0.29) is 11.8 Å². The van der Waals surface area contributed by atoms with Crippen molar-refractivity contribution in [2.75, 3.05) is 13.1 Å². The van der Waals surface area contributed by atoms with Crippen molar-refractivity contribution in [2.24, 2.45) is 5.73 Å². The van der Waals surface area contributed by atoms with Crippen molar-refractivity contribution >= 4 is 31.0 Å². The molecule has 1 aliphatic carbocycles. The van der Waals surface area contributed by atoms with Gasteiger partial charge in [0.25, 0.3) is 0 Å². The van der Waals surface area contributed by atoms with Crippen LogP contribution in [-0.2, 0) is 11.2 Å². The molecule has 2 aliphatic heterocycles. The standard InChI is InChI=1S/C23H28N2O2Si/c1-4-21(26)25-10-5-6-16(13-25)17-7-8-18(23(24)27)19-12-15-9-11-28(2,3)14-20(15)22(17)19/h4,6-8H,1,5,9-14H2,2-3H3,(H2,24,27). The molecule has 1 aromatic carbocycles. The maximum absolute atomic E-state index is 12.1. The van der Waals surface area contributed by atoms with E-state index < -0.39 is 8.07 Å². The van der Waals surface area contributed by atoms with E-state index in [2.05, 4.69) is 25.7 Å². The van der Waals surface area contributed by atoms with Gasteiger partial charge in [-0.05, 0) is 65.3 Å². The van der Waals surface area contributed by atoms with Gasteiger partial charge in [0.2, 0.25) is 11.8 Å². The maximum Gasteiger partial charge on any atom is 0.249 e. The van der Waals surface area contributed by atoms with Crippen molar-refractivity contribution in [1.82, 2.24) is 4.90 Å². The molecule has 4 rings (SSSR count). The SMILES string of the molecule is C=CC(=O)N1CCC=C(c2ccc(C(N)=O)c3c2C2=C(CC[Si](C)(C)C2)C3)C1. The Balaban J connectivity index is 1.82. The highest BCUT2D eigenvalue weighted by molar-refractivity contribution is 6.79. The van der Waals surface area contributed by atoms with Gasteiger partial charge in [0.1, 0.15) is 0 Å². The molecule has 2 heterocycles. The number of allylic oxidation sites excluding steroid dienone is 2. The zero-order chi connectivity index (χ0) is 20.1. The molecule has 0 spiro atoms. The van der Waals surface area contributed by atoms with E-state index in [0.717, 1.165) is 37.4 Å². The first kappa shape index (κ1) is 18.9. The molecule has 28 heavy (non-hydrogen) atoms. The fourth-order valence-electron chi connectivity index (χ4n) is 4.94. The smallest absolute Gasteiger partial charge is 0.249 e. The van der Waals surface area contributed by atoms with Crippen LogP contribution in [0.3, 0.4) is 0 Å². The number of benzene rings is 1. The van der Waals surface area contributed by atoms with Gasteiger partial charge in [0.15, 0.2) is 0 Å². The third-order valence-electron chi connectivity index (χ3n) is 6.44. The van der Waals surface area contributed by atoms with Crippen molar-refractivity contribution in [2.45, 2.75) is 44.4 Å². The van der Waals surface area contributed by atoms with Crippen LogP contribution in [0.1, 0.15) is 39.9 Å². The second-order valence-corrected chi connectivity index (χ2v) is 14.1. The molecule has 1 aromatic rings. The molecule has 2 N–H and O–H groups in total. The molecule has 0 radical (unpaired) electrons. The van der Waals surface area contributed by atoms with Crippen LogP contribution in [0.25, 0.3) is 11.1 Å². The molecular weight excluding hydrogens is 364 g/mol. The van der Waals surface area contributed by atoms with E-state index in [4.69, 9.17) is 5.73 Å². The average molecular weight is 393 g/mol. The summed E-state index contributed by atoms with van der Waals surface area (Å²) in [5.41, 5.74) is 14.0. The molecule has 0 fully saturated rings. The summed E-state index contributed by atoms with van der Waals surface area (Å²) < 4.78 is 0. The Bertz CT molecular complexity index is 956. The predicted octanol–water partition coefficient (Wildman–Crippen LogP) is 4.01. The second-order valence-electron chi connectivity index (χ2n) is 8.96. The molecule has 0 bridgehead atoms. The maximum atomic E-state index is 12.1. The van der Waals surface area contributed by atoms with Crippen molar-refractivity contribution in [1.29, 1.82) is 0 Å². The molecule has 0 aromatic heterocycles. The molecule has 5 heteroatoms. The first-order valence-electron chi connectivity index (χ1n) is 10.1. The van der Waals surface area contributed by atoms with Crippen molar-refractivity contribution in [3.8, 4) is 0 Å². The minimum atomic E-state index is -1.27. The van der Waals surface area contributed by atoms with Crippen molar-refractivity contribution in [3.63, 3.8) is 0 Å². The summed E-state index contributed by atoms with van der Waals surface area (Å²) in [6.45, 7) is 9.86. The Morgan fingerprint density at radius 1 is 1.29 bits per heavy atom. The fourth-order valence-corrected chi connectivity index (χ4v) is 7.48. The number of amides is 2. The first-order valence-corrected chi connectivity index (χ1v) is 13.5. The summed E-state index contributed by atoms with van der Waals surface area (Å²) in [7, 11) is -1.27. The number of rotatable bonds is 3. The van der Waals surface area contributed by atoms with Crippen LogP contribution in [0.4, 0.5) is 0 Å². The lowest BCUT2D eigenvalue weighted by atomic mass is 9.89. The first-order chi connectivity index (χ1) is 13.3. The molecule has 0 saturated heterocycles. The van der Waals surface area contributed by atoms with Crippen LogP contribution in [0, 0.1) is 0 Å². The van der Waals surface area contributed by atoms with Gasteiger partial charge in [-0.2, -0.15) is 0 Å². The van der Waals surface area contributed by atoms with Crippen LogP contribution in [-0.4, -0.2) is 37.9 Å². The highest BCUT2D eigenvalue weighted by atomic mass is 28.3. The van der Waals surface area contributed by atoms with E-state index >= 15 is 0 Å². The van der Waals surface area contributed by atoms with Gasteiger partial charge >= 0.3 is 0 Å². The predicted molar refractivity (Wildman–Crippen MR) is 117 cm³/mol. The Morgan fingerprint density at radius 2 is 2.07 bits per heavy atom. The normalized spacial score (nSPS) is 20.4. The molecule has 0 saturated carbocycles. The summed E-state index contributed by atoms with van der Waals surface area (Å²) in [4.78, 5) is 26.1. The number of carbonyl (C=O) groups is 2. The number of hydrogen-bond donors (Lipinski definition) is 1. The van der Waals surface area contributed by atoms with Crippen molar-refractivity contribution in [3.05, 3.63) is 58.7 Å². The minimum Gasteiger partial charge on any atom is -0.366 e. The topological polar surface area (TPSA) is 63.4 Å². The average Bonchev–Trinajstić information content (AvgIpc) is 3.04. The van der Waals surface area contributed by atoms with E-state index in [0.29, 0.717) is 12.1 Å². The summed E-state index contributed by atoms with van der Waals surface area (Å²) in [5, 5.41) is 0. The quantitative estimate of drug-likeness (QED) is 0.624. The van der Waals surface area contributed by atoms with E-state index in [1.54, 1.807) is 0 Å². The molecule has 146 valence electrons. The zero-order valence-corrected chi connectivity index (χ0v) is 17.8. The Kier molecular flexibility index (Phi) is 4.66. The van der Waals surface area contributed by atoms with Crippen LogP contribution in [0.2, 0.25) is 25.2 Å².